The normalized spacial score (nSPS) is 12.2. The summed E-state index contributed by atoms with van der Waals surface area (Å²) in [5, 5.41) is 1.84. The van der Waals surface area contributed by atoms with Crippen molar-refractivity contribution in [3.63, 3.8) is 0 Å². The lowest BCUT2D eigenvalue weighted by atomic mass is 9.97. The summed E-state index contributed by atoms with van der Waals surface area (Å²) in [4.78, 5) is 7.46. The second-order valence-electron chi connectivity index (χ2n) is 5.88. The second kappa shape index (κ2) is 5.49. The van der Waals surface area contributed by atoms with Gasteiger partial charge in [-0.05, 0) is 42.8 Å². The molecule has 0 bridgehead atoms. The van der Waals surface area contributed by atoms with Gasteiger partial charge in [0.2, 0.25) is 0 Å². The summed E-state index contributed by atoms with van der Waals surface area (Å²) in [5.74, 6) is 0. The molecule has 2 heterocycles. The van der Waals surface area contributed by atoms with E-state index in [-0.39, 0.29) is 0 Å². The molecule has 25 heavy (non-hydrogen) atoms. The summed E-state index contributed by atoms with van der Waals surface area (Å²) < 4.78 is 39.4. The number of halogens is 4. The summed E-state index contributed by atoms with van der Waals surface area (Å²) in [6, 6.07) is 11.0. The van der Waals surface area contributed by atoms with Gasteiger partial charge in [-0.15, -0.1) is 0 Å². The van der Waals surface area contributed by atoms with Crippen molar-refractivity contribution >= 4 is 33.4 Å². The number of aryl methyl sites for hydroxylation is 1. The zero-order valence-electron chi connectivity index (χ0n) is 13.1. The molecule has 2 aromatic carbocycles. The Morgan fingerprint density at radius 1 is 1.04 bits per heavy atom. The number of benzene rings is 2. The molecular formula is C19H12ClF3N2. The van der Waals surface area contributed by atoms with Gasteiger partial charge >= 0.3 is 6.18 Å². The van der Waals surface area contributed by atoms with E-state index in [1.165, 1.54) is 12.1 Å². The number of nitrogens with one attached hydrogen (secondary N) is 1. The molecule has 126 valence electrons. The summed E-state index contributed by atoms with van der Waals surface area (Å²) in [5.41, 5.74) is 2.94. The van der Waals surface area contributed by atoms with E-state index in [1.807, 2.05) is 13.0 Å². The van der Waals surface area contributed by atoms with Crippen molar-refractivity contribution in [3.05, 3.63) is 64.9 Å². The number of hydrogen-bond donors (Lipinski definition) is 1. The van der Waals surface area contributed by atoms with Crippen LogP contribution in [-0.4, -0.2) is 9.97 Å². The SMILES string of the molecule is Cc1[nH]c2ccc(C(F)(F)F)cc2c1-c1ccnc2c(Cl)cccc12. The molecule has 0 spiro atoms. The molecular weight excluding hydrogens is 349 g/mol. The molecule has 0 saturated heterocycles. The van der Waals surface area contributed by atoms with Gasteiger partial charge in [-0.1, -0.05) is 23.7 Å². The van der Waals surface area contributed by atoms with E-state index in [0.29, 0.717) is 21.4 Å². The Kier molecular flexibility index (Phi) is 3.51. The van der Waals surface area contributed by atoms with Gasteiger partial charge in [-0.2, -0.15) is 13.2 Å². The highest BCUT2D eigenvalue weighted by molar-refractivity contribution is 6.35. The van der Waals surface area contributed by atoms with Crippen molar-refractivity contribution in [3.8, 4) is 11.1 Å². The maximum atomic E-state index is 13.1. The Morgan fingerprint density at radius 3 is 2.60 bits per heavy atom. The quantitative estimate of drug-likeness (QED) is 0.420. The fraction of sp³-hybridized carbons (Fsp3) is 0.105. The lowest BCUT2D eigenvalue weighted by molar-refractivity contribution is -0.137. The molecule has 0 radical (unpaired) electrons. The van der Waals surface area contributed by atoms with Gasteiger partial charge in [0.15, 0.2) is 0 Å². The van der Waals surface area contributed by atoms with Crippen molar-refractivity contribution in [2.45, 2.75) is 13.1 Å². The number of pyridine rings is 1. The topological polar surface area (TPSA) is 28.7 Å². The number of aromatic amines is 1. The van der Waals surface area contributed by atoms with Crippen LogP contribution in [0.15, 0.2) is 48.7 Å². The van der Waals surface area contributed by atoms with Gasteiger partial charge in [0, 0.05) is 33.7 Å². The number of para-hydroxylation sites is 1. The van der Waals surface area contributed by atoms with Crippen LogP contribution in [0.1, 0.15) is 11.3 Å². The summed E-state index contributed by atoms with van der Waals surface area (Å²) in [6.45, 7) is 1.85. The zero-order chi connectivity index (χ0) is 17.8. The number of nitrogens with zero attached hydrogens (tertiary/aromatic N) is 1. The molecule has 0 saturated carbocycles. The summed E-state index contributed by atoms with van der Waals surface area (Å²) in [7, 11) is 0. The van der Waals surface area contributed by atoms with Crippen molar-refractivity contribution in [2.24, 2.45) is 0 Å². The van der Waals surface area contributed by atoms with Crippen molar-refractivity contribution in [2.75, 3.05) is 0 Å². The van der Waals surface area contributed by atoms with Crippen LogP contribution in [0.25, 0.3) is 32.9 Å². The van der Waals surface area contributed by atoms with E-state index in [4.69, 9.17) is 11.6 Å². The van der Waals surface area contributed by atoms with Crippen LogP contribution in [0.5, 0.6) is 0 Å². The van der Waals surface area contributed by atoms with Gasteiger partial charge in [-0.25, -0.2) is 0 Å². The largest absolute Gasteiger partial charge is 0.416 e. The molecule has 0 unspecified atom stereocenters. The van der Waals surface area contributed by atoms with E-state index in [9.17, 15) is 13.2 Å². The molecule has 0 aliphatic heterocycles. The van der Waals surface area contributed by atoms with Crippen LogP contribution in [-0.2, 0) is 6.18 Å². The first-order valence-corrected chi connectivity index (χ1v) is 7.97. The molecule has 0 fully saturated rings. The maximum absolute atomic E-state index is 13.1. The minimum absolute atomic E-state index is 0.507. The number of rotatable bonds is 1. The van der Waals surface area contributed by atoms with Gasteiger partial charge in [0.1, 0.15) is 0 Å². The highest BCUT2D eigenvalue weighted by atomic mass is 35.5. The molecule has 0 aliphatic rings. The average Bonchev–Trinajstić information content (AvgIpc) is 2.89. The highest BCUT2D eigenvalue weighted by Crippen LogP contribution is 2.39. The van der Waals surface area contributed by atoms with Crippen LogP contribution >= 0.6 is 11.6 Å². The van der Waals surface area contributed by atoms with E-state index >= 15 is 0 Å². The predicted molar refractivity (Wildman–Crippen MR) is 93.8 cm³/mol. The molecule has 2 nitrogen and oxygen atoms in total. The summed E-state index contributed by atoms with van der Waals surface area (Å²) >= 11 is 6.21. The number of alkyl halides is 3. The Labute approximate surface area is 146 Å². The lowest BCUT2D eigenvalue weighted by Crippen LogP contribution is -2.04. The molecule has 0 atom stereocenters. The molecule has 2 aromatic heterocycles. The average molecular weight is 361 g/mol. The Bertz CT molecular complexity index is 1110. The minimum atomic E-state index is -4.39. The first-order valence-electron chi connectivity index (χ1n) is 7.59. The lowest BCUT2D eigenvalue weighted by Gasteiger charge is -2.09. The van der Waals surface area contributed by atoms with Crippen LogP contribution in [0.4, 0.5) is 13.2 Å². The Morgan fingerprint density at radius 2 is 1.84 bits per heavy atom. The van der Waals surface area contributed by atoms with Crippen LogP contribution in [0.3, 0.4) is 0 Å². The molecule has 1 N–H and O–H groups in total. The number of H-pyrrole nitrogens is 1. The first-order chi connectivity index (χ1) is 11.9. The van der Waals surface area contributed by atoms with E-state index in [0.717, 1.165) is 28.3 Å². The fourth-order valence-corrected chi connectivity index (χ4v) is 3.43. The van der Waals surface area contributed by atoms with Crippen LogP contribution in [0, 0.1) is 6.92 Å². The Hall–Kier alpha value is -2.53. The monoisotopic (exact) mass is 360 g/mol. The van der Waals surface area contributed by atoms with Crippen LogP contribution in [0.2, 0.25) is 5.02 Å². The molecule has 4 aromatic rings. The standard InChI is InChI=1S/C19H12ClF3N2/c1-10-17(12-7-8-24-18-13(12)3-2-4-15(18)20)14-9-11(19(21,22)23)5-6-16(14)25-10/h2-9,25H,1H3. The van der Waals surface area contributed by atoms with Crippen LogP contribution < -0.4 is 0 Å². The second-order valence-corrected chi connectivity index (χ2v) is 6.28. The third kappa shape index (κ3) is 2.55. The zero-order valence-corrected chi connectivity index (χ0v) is 13.8. The maximum Gasteiger partial charge on any atom is 0.416 e. The first kappa shape index (κ1) is 16.0. The summed E-state index contributed by atoms with van der Waals surface area (Å²) in [6.07, 6.45) is -2.77. The van der Waals surface area contributed by atoms with E-state index < -0.39 is 11.7 Å². The molecule has 0 aliphatic carbocycles. The number of hydrogen-bond acceptors (Lipinski definition) is 1. The van der Waals surface area contributed by atoms with Gasteiger partial charge in [0.05, 0.1) is 16.1 Å². The van der Waals surface area contributed by atoms with E-state index in [2.05, 4.69) is 9.97 Å². The number of fused-ring (bicyclic) bond motifs is 2. The number of aromatic nitrogens is 2. The van der Waals surface area contributed by atoms with Crippen molar-refractivity contribution in [1.82, 2.24) is 9.97 Å². The van der Waals surface area contributed by atoms with Gasteiger partial charge < -0.3 is 4.98 Å². The van der Waals surface area contributed by atoms with Crippen molar-refractivity contribution < 1.29 is 13.2 Å². The third-order valence-electron chi connectivity index (χ3n) is 4.30. The van der Waals surface area contributed by atoms with Gasteiger partial charge in [0.25, 0.3) is 0 Å². The third-order valence-corrected chi connectivity index (χ3v) is 4.61. The molecule has 0 amide bonds. The Balaban J connectivity index is 2.08. The van der Waals surface area contributed by atoms with Crippen molar-refractivity contribution in [1.29, 1.82) is 0 Å². The smallest absolute Gasteiger partial charge is 0.358 e. The molecule has 4 rings (SSSR count). The molecule has 6 heteroatoms. The van der Waals surface area contributed by atoms with Gasteiger partial charge in [-0.3, -0.25) is 4.98 Å². The van der Waals surface area contributed by atoms with E-state index in [1.54, 1.807) is 24.4 Å². The fourth-order valence-electron chi connectivity index (χ4n) is 3.21. The minimum Gasteiger partial charge on any atom is -0.358 e. The predicted octanol–water partition coefficient (Wildman–Crippen LogP) is 6.36. The highest BCUT2D eigenvalue weighted by Gasteiger charge is 2.31.